The molecule has 0 atom stereocenters. The van der Waals surface area contributed by atoms with Crippen LogP contribution in [0.25, 0.3) is 22.4 Å². The third-order valence-corrected chi connectivity index (χ3v) is 7.98. The lowest BCUT2D eigenvalue weighted by Gasteiger charge is -2.35. The van der Waals surface area contributed by atoms with Crippen LogP contribution in [0.3, 0.4) is 0 Å². The lowest BCUT2D eigenvalue weighted by molar-refractivity contribution is 0.121. The Hall–Kier alpha value is -4.44. The minimum atomic E-state index is -0.351. The summed E-state index contributed by atoms with van der Waals surface area (Å²) >= 11 is 0. The molecular formula is C30H31N7O3. The number of benzene rings is 2. The van der Waals surface area contributed by atoms with Gasteiger partial charge in [0, 0.05) is 63.4 Å². The summed E-state index contributed by atoms with van der Waals surface area (Å²) in [5.41, 5.74) is 12.9. The van der Waals surface area contributed by atoms with Crippen LogP contribution in [-0.4, -0.2) is 65.4 Å². The number of hydrogen-bond acceptors (Lipinski definition) is 9. The second kappa shape index (κ2) is 10.3. The summed E-state index contributed by atoms with van der Waals surface area (Å²) in [6.07, 6.45) is 4.16. The van der Waals surface area contributed by atoms with Gasteiger partial charge in [-0.25, -0.2) is 9.97 Å². The Balaban J connectivity index is 1.11. The van der Waals surface area contributed by atoms with Crippen molar-refractivity contribution < 1.29 is 9.47 Å². The zero-order valence-corrected chi connectivity index (χ0v) is 22.2. The first-order valence-electron chi connectivity index (χ1n) is 13.8. The largest absolute Gasteiger partial charge is 0.474 e. The van der Waals surface area contributed by atoms with E-state index in [1.165, 1.54) is 34.1 Å². The molecule has 3 aliphatic rings. The maximum atomic E-state index is 12.6. The Labute approximate surface area is 231 Å². The summed E-state index contributed by atoms with van der Waals surface area (Å²) in [4.78, 5) is 33.2. The van der Waals surface area contributed by atoms with Gasteiger partial charge in [-0.1, -0.05) is 36.4 Å². The lowest BCUT2D eigenvalue weighted by atomic mass is 10.0. The standard InChI is InChI=1S/C30H31N7O3/c31-29-32-18-24(28(38)35-29)25-17-27(34-30(33-25)37-12-14-39-15-13-37)40-20-8-10-36(11-9-20)26-7-3-6-22-21-5-2-1-4-19(21)16-23(22)26/h1-7,17-18,20H,8-16H2,(H3,31,32,35,38). The predicted molar refractivity (Wildman–Crippen MR) is 154 cm³/mol. The third kappa shape index (κ3) is 4.64. The van der Waals surface area contributed by atoms with Crippen LogP contribution >= 0.6 is 0 Å². The van der Waals surface area contributed by atoms with Crippen LogP contribution in [0, 0.1) is 0 Å². The van der Waals surface area contributed by atoms with Gasteiger partial charge in [0.15, 0.2) is 5.95 Å². The molecule has 40 heavy (non-hydrogen) atoms. The number of ether oxygens (including phenoxy) is 2. The van der Waals surface area contributed by atoms with Crippen LogP contribution in [0.4, 0.5) is 17.6 Å². The highest BCUT2D eigenvalue weighted by molar-refractivity contribution is 5.82. The highest BCUT2D eigenvalue weighted by Crippen LogP contribution is 2.42. The van der Waals surface area contributed by atoms with Crippen molar-refractivity contribution >= 4 is 17.6 Å². The molecule has 204 valence electrons. The average molecular weight is 538 g/mol. The van der Waals surface area contributed by atoms with Crippen LogP contribution in [0.15, 0.2) is 59.5 Å². The molecule has 2 saturated heterocycles. The van der Waals surface area contributed by atoms with Gasteiger partial charge in [0.1, 0.15) is 6.10 Å². The molecule has 10 nitrogen and oxygen atoms in total. The Kier molecular flexibility index (Phi) is 6.31. The van der Waals surface area contributed by atoms with E-state index in [0.29, 0.717) is 49.4 Å². The molecule has 4 heterocycles. The number of nitrogen functional groups attached to an aromatic ring is 1. The molecule has 4 aromatic rings. The first kappa shape index (κ1) is 24.6. The van der Waals surface area contributed by atoms with Crippen molar-refractivity contribution in [1.82, 2.24) is 19.9 Å². The van der Waals surface area contributed by atoms with Gasteiger partial charge in [-0.3, -0.25) is 9.78 Å². The molecule has 1 aliphatic carbocycles. The van der Waals surface area contributed by atoms with Gasteiger partial charge < -0.3 is 25.0 Å². The molecule has 3 N–H and O–H groups in total. The number of hydrogen-bond donors (Lipinski definition) is 2. The third-order valence-electron chi connectivity index (χ3n) is 7.98. The molecule has 0 saturated carbocycles. The molecule has 0 radical (unpaired) electrons. The molecular weight excluding hydrogens is 506 g/mol. The van der Waals surface area contributed by atoms with Gasteiger partial charge in [0.2, 0.25) is 11.8 Å². The molecule has 2 aliphatic heterocycles. The van der Waals surface area contributed by atoms with Crippen molar-refractivity contribution in [2.45, 2.75) is 25.4 Å². The fourth-order valence-electron chi connectivity index (χ4n) is 5.93. The number of nitrogens with two attached hydrogens (primary N) is 1. The minimum Gasteiger partial charge on any atom is -0.474 e. The first-order chi connectivity index (χ1) is 19.6. The van der Waals surface area contributed by atoms with Crippen LogP contribution in [0.5, 0.6) is 5.88 Å². The van der Waals surface area contributed by atoms with Crippen molar-refractivity contribution in [1.29, 1.82) is 0 Å². The van der Waals surface area contributed by atoms with Crippen LogP contribution in [0.2, 0.25) is 0 Å². The predicted octanol–water partition coefficient (Wildman–Crippen LogP) is 3.26. The number of rotatable bonds is 5. The molecule has 7 rings (SSSR count). The minimum absolute atomic E-state index is 0.00771. The highest BCUT2D eigenvalue weighted by atomic mass is 16.5. The van der Waals surface area contributed by atoms with E-state index in [1.54, 1.807) is 6.07 Å². The average Bonchev–Trinajstić information content (AvgIpc) is 3.37. The Morgan fingerprint density at radius 2 is 1.73 bits per heavy atom. The normalized spacial score (nSPS) is 17.0. The molecule has 2 aromatic heterocycles. The van der Waals surface area contributed by atoms with Crippen LogP contribution < -0.4 is 25.8 Å². The number of piperidine rings is 1. The summed E-state index contributed by atoms with van der Waals surface area (Å²) in [6, 6.07) is 17.1. The van der Waals surface area contributed by atoms with Crippen molar-refractivity contribution in [2.75, 3.05) is 54.9 Å². The van der Waals surface area contributed by atoms with Gasteiger partial charge in [-0.15, -0.1) is 0 Å². The molecule has 0 spiro atoms. The summed E-state index contributed by atoms with van der Waals surface area (Å²) in [7, 11) is 0. The van der Waals surface area contributed by atoms with Crippen molar-refractivity contribution in [3.63, 3.8) is 0 Å². The van der Waals surface area contributed by atoms with Gasteiger partial charge in [0.05, 0.1) is 24.5 Å². The smallest absolute Gasteiger partial charge is 0.261 e. The van der Waals surface area contributed by atoms with Gasteiger partial charge in [-0.05, 0) is 28.3 Å². The first-order valence-corrected chi connectivity index (χ1v) is 13.8. The fraction of sp³-hybridized carbons (Fsp3) is 0.333. The number of aromatic nitrogens is 4. The van der Waals surface area contributed by atoms with E-state index in [2.05, 4.69) is 67.2 Å². The fourth-order valence-corrected chi connectivity index (χ4v) is 5.93. The number of nitrogens with one attached hydrogen (secondary N) is 1. The van der Waals surface area contributed by atoms with E-state index in [4.69, 9.17) is 20.2 Å². The van der Waals surface area contributed by atoms with E-state index in [9.17, 15) is 4.79 Å². The van der Waals surface area contributed by atoms with Gasteiger partial charge in [0.25, 0.3) is 5.56 Å². The van der Waals surface area contributed by atoms with Crippen molar-refractivity contribution in [3.05, 3.63) is 76.2 Å². The monoisotopic (exact) mass is 537 g/mol. The molecule has 0 amide bonds. The number of H-pyrrole nitrogens is 1. The van der Waals surface area contributed by atoms with Crippen LogP contribution in [-0.2, 0) is 11.2 Å². The summed E-state index contributed by atoms with van der Waals surface area (Å²) in [5.74, 6) is 1.04. The van der Waals surface area contributed by atoms with E-state index in [-0.39, 0.29) is 17.6 Å². The molecule has 2 aromatic carbocycles. The van der Waals surface area contributed by atoms with Gasteiger partial charge in [-0.2, -0.15) is 4.98 Å². The number of anilines is 3. The molecule has 0 unspecified atom stereocenters. The van der Waals surface area contributed by atoms with E-state index in [0.717, 1.165) is 32.4 Å². The summed E-state index contributed by atoms with van der Waals surface area (Å²) in [5, 5.41) is 0. The maximum Gasteiger partial charge on any atom is 0.261 e. The Bertz CT molecular complexity index is 1610. The van der Waals surface area contributed by atoms with E-state index < -0.39 is 0 Å². The van der Waals surface area contributed by atoms with Gasteiger partial charge >= 0.3 is 0 Å². The molecule has 0 bridgehead atoms. The lowest BCUT2D eigenvalue weighted by Crippen LogP contribution is -2.39. The number of fused-ring (bicyclic) bond motifs is 3. The molecule has 2 fully saturated rings. The Morgan fingerprint density at radius 3 is 2.55 bits per heavy atom. The maximum absolute atomic E-state index is 12.6. The second-order valence-corrected chi connectivity index (χ2v) is 10.4. The number of aromatic amines is 1. The molecule has 10 heteroatoms. The Morgan fingerprint density at radius 1 is 0.925 bits per heavy atom. The summed E-state index contributed by atoms with van der Waals surface area (Å²) in [6.45, 7) is 4.33. The van der Waals surface area contributed by atoms with E-state index >= 15 is 0 Å². The number of morpholine rings is 1. The van der Waals surface area contributed by atoms with Crippen LogP contribution in [0.1, 0.15) is 24.0 Å². The summed E-state index contributed by atoms with van der Waals surface area (Å²) < 4.78 is 11.9. The second-order valence-electron chi connectivity index (χ2n) is 10.4. The highest BCUT2D eigenvalue weighted by Gasteiger charge is 2.27. The SMILES string of the molecule is Nc1ncc(-c2cc(OC3CCN(c4cccc5c4Cc4ccccc4-5)CC3)nc(N3CCOCC3)n2)c(=O)[nH]1. The topological polar surface area (TPSA) is 122 Å². The number of nitrogens with zero attached hydrogens (tertiary/aromatic N) is 5. The van der Waals surface area contributed by atoms with Crippen molar-refractivity contribution in [2.24, 2.45) is 0 Å². The quantitative estimate of drug-likeness (QED) is 0.348. The van der Waals surface area contributed by atoms with E-state index in [1.807, 2.05) is 0 Å². The zero-order chi connectivity index (χ0) is 27.1. The zero-order valence-electron chi connectivity index (χ0n) is 22.2. The van der Waals surface area contributed by atoms with Crippen molar-refractivity contribution in [3.8, 4) is 28.3 Å².